The number of aryl methyl sites for hydroxylation is 1. The highest BCUT2D eigenvalue weighted by Crippen LogP contribution is 2.40. The molecule has 0 unspecified atom stereocenters. The maximum Gasteiger partial charge on any atom is 0.269 e. The van der Waals surface area contributed by atoms with Crippen LogP contribution in [0.5, 0.6) is 0 Å². The molecule has 0 spiro atoms. The molecule has 0 saturated heterocycles. The van der Waals surface area contributed by atoms with E-state index >= 15 is 0 Å². The predicted molar refractivity (Wildman–Crippen MR) is 75.7 cm³/mol. The zero-order chi connectivity index (χ0) is 13.2. The quantitative estimate of drug-likeness (QED) is 0.930. The summed E-state index contributed by atoms with van der Waals surface area (Å²) >= 11 is 1.15. The topological polar surface area (TPSA) is 54.9 Å². The van der Waals surface area contributed by atoms with Gasteiger partial charge in [-0.25, -0.2) is 0 Å². The van der Waals surface area contributed by atoms with Crippen LogP contribution in [0.15, 0.2) is 24.3 Å². The van der Waals surface area contributed by atoms with Gasteiger partial charge in [0.2, 0.25) is 0 Å². The van der Waals surface area contributed by atoms with E-state index in [1.54, 1.807) is 0 Å². The third-order valence-corrected chi connectivity index (χ3v) is 4.06. The van der Waals surface area contributed by atoms with E-state index in [0.29, 0.717) is 10.8 Å². The molecule has 3 rings (SSSR count). The standard InChI is InChI=1S/C14H15N3OS/c1-2-12-13(19-17-16-12)14(18)15-11-5-3-4-10(8-11)9-6-7-9/h3-5,8-9H,2,6-7H2,1H3,(H,15,18). The van der Waals surface area contributed by atoms with Crippen LogP contribution in [0.2, 0.25) is 0 Å². The van der Waals surface area contributed by atoms with Gasteiger partial charge < -0.3 is 5.32 Å². The Kier molecular flexibility index (Phi) is 3.29. The summed E-state index contributed by atoms with van der Waals surface area (Å²) in [6.07, 6.45) is 3.24. The molecule has 1 aromatic heterocycles. The van der Waals surface area contributed by atoms with Gasteiger partial charge in [0.05, 0.1) is 5.69 Å². The molecular weight excluding hydrogens is 258 g/mol. The van der Waals surface area contributed by atoms with Crippen molar-refractivity contribution in [2.45, 2.75) is 32.1 Å². The molecule has 5 heteroatoms. The van der Waals surface area contributed by atoms with Crippen molar-refractivity contribution in [2.75, 3.05) is 5.32 Å². The molecule has 1 N–H and O–H groups in total. The summed E-state index contributed by atoms with van der Waals surface area (Å²) in [7, 11) is 0. The van der Waals surface area contributed by atoms with Crippen LogP contribution in [0.1, 0.15) is 46.6 Å². The van der Waals surface area contributed by atoms with Gasteiger partial charge in [-0.15, -0.1) is 5.10 Å². The van der Waals surface area contributed by atoms with E-state index in [1.165, 1.54) is 18.4 Å². The Hall–Kier alpha value is -1.75. The fourth-order valence-corrected chi connectivity index (χ4v) is 2.73. The van der Waals surface area contributed by atoms with Crippen LogP contribution < -0.4 is 5.32 Å². The van der Waals surface area contributed by atoms with Crippen molar-refractivity contribution in [1.82, 2.24) is 9.59 Å². The van der Waals surface area contributed by atoms with Crippen LogP contribution in [0, 0.1) is 0 Å². The van der Waals surface area contributed by atoms with Gasteiger partial charge in [0.15, 0.2) is 0 Å². The SMILES string of the molecule is CCc1nnsc1C(=O)Nc1cccc(C2CC2)c1. The average Bonchev–Trinajstić information content (AvgIpc) is 3.16. The van der Waals surface area contributed by atoms with Crippen LogP contribution in [-0.4, -0.2) is 15.5 Å². The molecule has 2 aromatic rings. The number of nitrogens with zero attached hydrogens (tertiary/aromatic N) is 2. The molecule has 1 heterocycles. The van der Waals surface area contributed by atoms with E-state index in [4.69, 9.17) is 0 Å². The number of carbonyl (C=O) groups is 1. The second kappa shape index (κ2) is 5.09. The number of benzene rings is 1. The van der Waals surface area contributed by atoms with E-state index in [1.807, 2.05) is 19.1 Å². The lowest BCUT2D eigenvalue weighted by Gasteiger charge is -2.06. The van der Waals surface area contributed by atoms with Crippen molar-refractivity contribution in [2.24, 2.45) is 0 Å². The summed E-state index contributed by atoms with van der Waals surface area (Å²) in [6.45, 7) is 1.97. The number of hydrogen-bond acceptors (Lipinski definition) is 4. The van der Waals surface area contributed by atoms with Gasteiger partial charge in [-0.3, -0.25) is 4.79 Å². The lowest BCUT2D eigenvalue weighted by molar-refractivity contribution is 0.102. The monoisotopic (exact) mass is 273 g/mol. The Morgan fingerprint density at radius 1 is 1.47 bits per heavy atom. The van der Waals surface area contributed by atoms with Crippen molar-refractivity contribution in [3.8, 4) is 0 Å². The number of nitrogens with one attached hydrogen (secondary N) is 1. The third-order valence-electron chi connectivity index (χ3n) is 3.29. The van der Waals surface area contributed by atoms with Gasteiger partial charge in [-0.1, -0.05) is 23.5 Å². The Labute approximate surface area is 116 Å². The lowest BCUT2D eigenvalue weighted by Crippen LogP contribution is -2.12. The normalized spacial score (nSPS) is 14.4. The molecule has 0 bridgehead atoms. The first-order valence-corrected chi connectivity index (χ1v) is 7.28. The number of hydrogen-bond donors (Lipinski definition) is 1. The summed E-state index contributed by atoms with van der Waals surface area (Å²) in [5.74, 6) is 0.577. The first-order chi connectivity index (χ1) is 9.28. The summed E-state index contributed by atoms with van der Waals surface area (Å²) < 4.78 is 3.84. The maximum absolute atomic E-state index is 12.2. The fraction of sp³-hybridized carbons (Fsp3) is 0.357. The zero-order valence-corrected chi connectivity index (χ0v) is 11.5. The molecule has 0 aliphatic heterocycles. The first-order valence-electron chi connectivity index (χ1n) is 6.50. The maximum atomic E-state index is 12.2. The summed E-state index contributed by atoms with van der Waals surface area (Å²) in [5.41, 5.74) is 2.93. The summed E-state index contributed by atoms with van der Waals surface area (Å²) in [4.78, 5) is 12.8. The van der Waals surface area contributed by atoms with Crippen molar-refractivity contribution in [3.05, 3.63) is 40.4 Å². The summed E-state index contributed by atoms with van der Waals surface area (Å²) in [5, 5.41) is 6.89. The molecule has 1 amide bonds. The molecule has 4 nitrogen and oxygen atoms in total. The predicted octanol–water partition coefficient (Wildman–Crippen LogP) is 3.23. The molecule has 0 atom stereocenters. The second-order valence-electron chi connectivity index (χ2n) is 4.76. The van der Waals surface area contributed by atoms with E-state index in [2.05, 4.69) is 27.0 Å². The molecule has 1 aliphatic carbocycles. The molecule has 1 saturated carbocycles. The number of amides is 1. The number of anilines is 1. The van der Waals surface area contributed by atoms with Gasteiger partial charge in [0.25, 0.3) is 5.91 Å². The minimum absolute atomic E-state index is 0.111. The molecule has 1 fully saturated rings. The molecule has 19 heavy (non-hydrogen) atoms. The van der Waals surface area contributed by atoms with Crippen LogP contribution >= 0.6 is 11.5 Å². The van der Waals surface area contributed by atoms with Crippen LogP contribution in [0.3, 0.4) is 0 Å². The minimum Gasteiger partial charge on any atom is -0.321 e. The number of aromatic nitrogens is 2. The zero-order valence-electron chi connectivity index (χ0n) is 10.7. The van der Waals surface area contributed by atoms with E-state index < -0.39 is 0 Å². The van der Waals surface area contributed by atoms with E-state index in [9.17, 15) is 4.79 Å². The van der Waals surface area contributed by atoms with Crippen molar-refractivity contribution in [3.63, 3.8) is 0 Å². The molecule has 1 aromatic carbocycles. The smallest absolute Gasteiger partial charge is 0.269 e. The van der Waals surface area contributed by atoms with Gasteiger partial charge in [0, 0.05) is 5.69 Å². The van der Waals surface area contributed by atoms with Gasteiger partial charge in [-0.2, -0.15) is 0 Å². The van der Waals surface area contributed by atoms with Crippen molar-refractivity contribution in [1.29, 1.82) is 0 Å². The Morgan fingerprint density at radius 3 is 3.05 bits per heavy atom. The third kappa shape index (κ3) is 2.66. The van der Waals surface area contributed by atoms with Gasteiger partial charge in [0.1, 0.15) is 4.88 Å². The van der Waals surface area contributed by atoms with Crippen molar-refractivity contribution < 1.29 is 4.79 Å². The second-order valence-corrected chi connectivity index (χ2v) is 5.51. The lowest BCUT2D eigenvalue weighted by atomic mass is 10.1. The number of carbonyl (C=O) groups excluding carboxylic acids is 1. The fourth-order valence-electron chi connectivity index (χ4n) is 2.09. The molecular formula is C14H15N3OS. The Bertz CT molecular complexity index is 604. The van der Waals surface area contributed by atoms with E-state index in [-0.39, 0.29) is 5.91 Å². The number of rotatable bonds is 4. The van der Waals surface area contributed by atoms with Gasteiger partial charge >= 0.3 is 0 Å². The average molecular weight is 273 g/mol. The highest BCUT2D eigenvalue weighted by atomic mass is 32.1. The van der Waals surface area contributed by atoms with Crippen LogP contribution in [0.25, 0.3) is 0 Å². The molecule has 98 valence electrons. The van der Waals surface area contributed by atoms with E-state index in [0.717, 1.165) is 29.3 Å². The highest BCUT2D eigenvalue weighted by Gasteiger charge is 2.23. The largest absolute Gasteiger partial charge is 0.321 e. The van der Waals surface area contributed by atoms with Gasteiger partial charge in [-0.05, 0) is 54.4 Å². The van der Waals surface area contributed by atoms with Crippen LogP contribution in [0.4, 0.5) is 5.69 Å². The molecule has 0 radical (unpaired) electrons. The minimum atomic E-state index is -0.111. The Balaban J connectivity index is 1.77. The van der Waals surface area contributed by atoms with Crippen molar-refractivity contribution >= 4 is 23.1 Å². The van der Waals surface area contributed by atoms with Crippen LogP contribution in [-0.2, 0) is 6.42 Å². The summed E-state index contributed by atoms with van der Waals surface area (Å²) in [6, 6.07) is 8.10. The first kappa shape index (κ1) is 12.3. The highest BCUT2D eigenvalue weighted by molar-refractivity contribution is 7.08. The molecule has 1 aliphatic rings. The Morgan fingerprint density at radius 2 is 2.32 bits per heavy atom.